The van der Waals surface area contributed by atoms with Crippen molar-refractivity contribution in [2.45, 2.75) is 20.3 Å². The Bertz CT molecular complexity index is 496. The molecule has 2 rings (SSSR count). The van der Waals surface area contributed by atoms with Gasteiger partial charge in [0.25, 0.3) is 5.91 Å². The van der Waals surface area contributed by atoms with E-state index in [0.29, 0.717) is 12.1 Å². The van der Waals surface area contributed by atoms with E-state index in [4.69, 9.17) is 0 Å². The summed E-state index contributed by atoms with van der Waals surface area (Å²) in [5.41, 5.74) is 0.315. The minimum atomic E-state index is -0.301. The predicted octanol–water partition coefficient (Wildman–Crippen LogP) is 2.89. The Morgan fingerprint density at radius 3 is 2.61 bits per heavy atom. The number of carbonyl (C=O) groups is 2. The van der Waals surface area contributed by atoms with Crippen LogP contribution in [0.4, 0.5) is 0 Å². The molecule has 3 nitrogen and oxygen atoms in total. The Hall–Kier alpha value is -1.16. The van der Waals surface area contributed by atoms with Crippen molar-refractivity contribution in [3.05, 3.63) is 34.3 Å². The van der Waals surface area contributed by atoms with E-state index in [1.807, 2.05) is 32.0 Å². The first kappa shape index (κ1) is 13.3. The predicted molar refractivity (Wildman–Crippen MR) is 73.5 cm³/mol. The lowest BCUT2D eigenvalue weighted by Gasteiger charge is -2.35. The number of amides is 1. The van der Waals surface area contributed by atoms with Crippen molar-refractivity contribution in [1.29, 1.82) is 0 Å². The van der Waals surface area contributed by atoms with E-state index >= 15 is 0 Å². The number of piperidine rings is 1. The van der Waals surface area contributed by atoms with Crippen LogP contribution in [0, 0.1) is 5.41 Å². The molecule has 0 atom stereocenters. The van der Waals surface area contributed by atoms with Gasteiger partial charge in [-0.2, -0.15) is 0 Å². The van der Waals surface area contributed by atoms with Gasteiger partial charge in [0.15, 0.2) is 5.78 Å². The highest BCUT2D eigenvalue weighted by atomic mass is 79.9. The number of ketones is 1. The van der Waals surface area contributed by atoms with Gasteiger partial charge in [-0.3, -0.25) is 9.59 Å². The van der Waals surface area contributed by atoms with Crippen LogP contribution in [-0.2, 0) is 4.79 Å². The van der Waals surface area contributed by atoms with Crippen molar-refractivity contribution >= 4 is 27.6 Å². The Morgan fingerprint density at radius 2 is 2.00 bits per heavy atom. The first-order valence-corrected chi connectivity index (χ1v) is 6.78. The minimum absolute atomic E-state index is 0.0775. The van der Waals surface area contributed by atoms with Crippen molar-refractivity contribution < 1.29 is 9.59 Å². The van der Waals surface area contributed by atoms with Crippen LogP contribution in [0.25, 0.3) is 0 Å². The fourth-order valence-corrected chi connectivity index (χ4v) is 2.45. The van der Waals surface area contributed by atoms with Gasteiger partial charge in [-0.15, -0.1) is 0 Å². The highest BCUT2D eigenvalue weighted by Crippen LogP contribution is 2.28. The molecule has 1 aliphatic rings. The number of hydrogen-bond donors (Lipinski definition) is 0. The summed E-state index contributed by atoms with van der Waals surface area (Å²) in [6.07, 6.45) is 0.724. The Balaban J connectivity index is 2.17. The van der Waals surface area contributed by atoms with Gasteiger partial charge in [0.2, 0.25) is 0 Å². The van der Waals surface area contributed by atoms with Crippen LogP contribution in [0.1, 0.15) is 30.6 Å². The molecule has 1 heterocycles. The van der Waals surface area contributed by atoms with Crippen molar-refractivity contribution in [3.63, 3.8) is 0 Å². The molecule has 1 fully saturated rings. The van der Waals surface area contributed by atoms with Gasteiger partial charge in [-0.05, 0) is 34.5 Å². The van der Waals surface area contributed by atoms with Gasteiger partial charge in [0.1, 0.15) is 0 Å². The summed E-state index contributed by atoms with van der Waals surface area (Å²) in [7, 11) is 0. The van der Waals surface area contributed by atoms with Gasteiger partial charge in [-0.1, -0.05) is 26.0 Å². The average molecular weight is 310 g/mol. The molecule has 1 saturated heterocycles. The monoisotopic (exact) mass is 309 g/mol. The van der Waals surface area contributed by atoms with Crippen LogP contribution < -0.4 is 0 Å². The van der Waals surface area contributed by atoms with E-state index in [0.717, 1.165) is 10.9 Å². The molecule has 1 aromatic carbocycles. The second-order valence-corrected chi connectivity index (χ2v) is 6.12. The second kappa shape index (κ2) is 4.84. The summed E-state index contributed by atoms with van der Waals surface area (Å²) in [5.74, 6) is 0.0560. The number of nitrogens with zero attached hydrogens (tertiary/aromatic N) is 1. The number of halogens is 1. The summed E-state index contributed by atoms with van der Waals surface area (Å²) in [6.45, 7) is 4.73. The van der Waals surface area contributed by atoms with Crippen LogP contribution in [-0.4, -0.2) is 29.7 Å². The van der Waals surface area contributed by atoms with Gasteiger partial charge >= 0.3 is 0 Å². The molecule has 96 valence electrons. The van der Waals surface area contributed by atoms with E-state index in [1.165, 1.54) is 0 Å². The lowest BCUT2D eigenvalue weighted by atomic mass is 9.81. The molecule has 1 aromatic rings. The van der Waals surface area contributed by atoms with Crippen LogP contribution >= 0.6 is 15.9 Å². The zero-order chi connectivity index (χ0) is 13.3. The Morgan fingerprint density at radius 1 is 1.33 bits per heavy atom. The molecular weight excluding hydrogens is 294 g/mol. The molecule has 0 saturated carbocycles. The summed E-state index contributed by atoms with van der Waals surface area (Å²) < 4.78 is 0.771. The third kappa shape index (κ3) is 2.48. The SMILES string of the molecule is CC1(C)CCN(C(=O)c2ccccc2Br)CC1=O. The van der Waals surface area contributed by atoms with Crippen LogP contribution in [0.5, 0.6) is 0 Å². The number of carbonyl (C=O) groups excluding carboxylic acids is 2. The minimum Gasteiger partial charge on any atom is -0.331 e. The summed E-state index contributed by atoms with van der Waals surface area (Å²) in [4.78, 5) is 25.9. The van der Waals surface area contributed by atoms with Gasteiger partial charge in [0, 0.05) is 16.4 Å². The molecule has 0 N–H and O–H groups in total. The van der Waals surface area contributed by atoms with Crippen molar-refractivity contribution in [2.75, 3.05) is 13.1 Å². The van der Waals surface area contributed by atoms with E-state index in [2.05, 4.69) is 15.9 Å². The first-order valence-electron chi connectivity index (χ1n) is 5.99. The van der Waals surface area contributed by atoms with E-state index in [-0.39, 0.29) is 23.7 Å². The summed E-state index contributed by atoms with van der Waals surface area (Å²) in [5, 5.41) is 0. The maximum absolute atomic E-state index is 12.3. The molecule has 0 radical (unpaired) electrons. The Labute approximate surface area is 115 Å². The van der Waals surface area contributed by atoms with Crippen LogP contribution in [0.2, 0.25) is 0 Å². The smallest absolute Gasteiger partial charge is 0.255 e. The normalized spacial score (nSPS) is 18.8. The van der Waals surface area contributed by atoms with Gasteiger partial charge in [0.05, 0.1) is 12.1 Å². The lowest BCUT2D eigenvalue weighted by Crippen LogP contribution is -2.47. The topological polar surface area (TPSA) is 37.4 Å². The average Bonchev–Trinajstić information content (AvgIpc) is 2.32. The van der Waals surface area contributed by atoms with Crippen LogP contribution in [0.3, 0.4) is 0 Å². The summed E-state index contributed by atoms with van der Waals surface area (Å²) >= 11 is 3.37. The number of rotatable bonds is 1. The molecule has 0 aliphatic carbocycles. The fraction of sp³-hybridized carbons (Fsp3) is 0.429. The highest BCUT2D eigenvalue weighted by molar-refractivity contribution is 9.10. The second-order valence-electron chi connectivity index (χ2n) is 5.26. The number of benzene rings is 1. The molecule has 1 aliphatic heterocycles. The third-order valence-electron chi connectivity index (χ3n) is 3.49. The third-order valence-corrected chi connectivity index (χ3v) is 4.18. The quantitative estimate of drug-likeness (QED) is 0.800. The van der Waals surface area contributed by atoms with Crippen molar-refractivity contribution in [1.82, 2.24) is 4.90 Å². The maximum atomic E-state index is 12.3. The Kier molecular flexibility index (Phi) is 3.57. The van der Waals surface area contributed by atoms with E-state index in [1.54, 1.807) is 11.0 Å². The van der Waals surface area contributed by atoms with E-state index in [9.17, 15) is 9.59 Å². The largest absolute Gasteiger partial charge is 0.331 e. The molecule has 0 spiro atoms. The van der Waals surface area contributed by atoms with Crippen molar-refractivity contribution in [3.8, 4) is 0 Å². The highest BCUT2D eigenvalue weighted by Gasteiger charge is 2.35. The lowest BCUT2D eigenvalue weighted by molar-refractivity contribution is -0.130. The molecular formula is C14H16BrNO2. The maximum Gasteiger partial charge on any atom is 0.255 e. The number of hydrogen-bond acceptors (Lipinski definition) is 2. The van der Waals surface area contributed by atoms with Gasteiger partial charge in [-0.25, -0.2) is 0 Å². The first-order chi connectivity index (χ1) is 8.42. The zero-order valence-corrected chi connectivity index (χ0v) is 12.2. The fourth-order valence-electron chi connectivity index (χ4n) is 2.00. The summed E-state index contributed by atoms with van der Waals surface area (Å²) in [6, 6.07) is 7.30. The van der Waals surface area contributed by atoms with Crippen molar-refractivity contribution in [2.24, 2.45) is 5.41 Å². The van der Waals surface area contributed by atoms with Gasteiger partial charge < -0.3 is 4.90 Å². The standard InChI is InChI=1S/C14H16BrNO2/c1-14(2)7-8-16(9-12(14)17)13(18)10-5-3-4-6-11(10)15/h3-6H,7-9H2,1-2H3. The molecule has 1 amide bonds. The van der Waals surface area contributed by atoms with Crippen LogP contribution in [0.15, 0.2) is 28.7 Å². The number of Topliss-reactive ketones (excluding diaryl/α,β-unsaturated/α-hetero) is 1. The molecule has 0 aromatic heterocycles. The number of likely N-dealkylation sites (tertiary alicyclic amines) is 1. The molecule has 4 heteroatoms. The molecule has 0 unspecified atom stereocenters. The van der Waals surface area contributed by atoms with E-state index < -0.39 is 0 Å². The molecule has 18 heavy (non-hydrogen) atoms. The molecule has 0 bridgehead atoms. The zero-order valence-electron chi connectivity index (χ0n) is 10.6.